The molecule has 0 heterocycles. The van der Waals surface area contributed by atoms with Crippen LogP contribution >= 0.6 is 0 Å². The van der Waals surface area contributed by atoms with E-state index >= 15 is 0 Å². The van der Waals surface area contributed by atoms with Crippen LogP contribution in [0.4, 0.5) is 0 Å². The van der Waals surface area contributed by atoms with Crippen LogP contribution in [0.2, 0.25) is 0 Å². The minimum absolute atomic E-state index is 0.0229. The quantitative estimate of drug-likeness (QED) is 0.0583. The maximum atomic E-state index is 12.8. The van der Waals surface area contributed by atoms with E-state index in [4.69, 9.17) is 18.9 Å². The maximum absolute atomic E-state index is 12.8. The molecule has 0 bridgehead atoms. The number of carbonyl (C=O) groups is 2. The Morgan fingerprint density at radius 2 is 1.31 bits per heavy atom. The summed E-state index contributed by atoms with van der Waals surface area (Å²) in [5.41, 5.74) is 2.34. The van der Waals surface area contributed by atoms with Gasteiger partial charge in [-0.05, 0) is 108 Å². The fourth-order valence-corrected chi connectivity index (χ4v) is 5.70. The lowest BCUT2D eigenvalue weighted by atomic mass is 9.92. The second-order valence-electron chi connectivity index (χ2n) is 15.1. The highest BCUT2D eigenvalue weighted by Crippen LogP contribution is 2.35. The Kier molecular flexibility index (Phi) is 24.7. The van der Waals surface area contributed by atoms with Gasteiger partial charge in [0.05, 0.1) is 32.2 Å². The molecule has 1 aromatic rings. The minimum atomic E-state index is -0.656. The molecule has 0 spiro atoms. The van der Waals surface area contributed by atoms with Gasteiger partial charge in [-0.3, -0.25) is 9.59 Å². The lowest BCUT2D eigenvalue weighted by Gasteiger charge is -2.25. The molecule has 0 fully saturated rings. The molecule has 2 atom stereocenters. The van der Waals surface area contributed by atoms with Crippen molar-refractivity contribution in [3.05, 3.63) is 22.8 Å². The van der Waals surface area contributed by atoms with Crippen LogP contribution in [0.25, 0.3) is 0 Å². The number of esters is 2. The van der Waals surface area contributed by atoms with Crippen molar-refractivity contribution in [1.82, 2.24) is 0 Å². The first-order chi connectivity index (χ1) is 22.6. The van der Waals surface area contributed by atoms with Gasteiger partial charge >= 0.3 is 11.9 Å². The molecule has 1 aromatic carbocycles. The molecule has 48 heavy (non-hydrogen) atoms. The van der Waals surface area contributed by atoms with Crippen LogP contribution in [0.5, 0.6) is 11.5 Å². The zero-order valence-corrected chi connectivity index (χ0v) is 33.6. The number of hydrogen-bond acceptors (Lipinski definition) is 6. The summed E-state index contributed by atoms with van der Waals surface area (Å²) in [4.78, 5) is 25.2. The number of carbonyl (C=O) groups excluding carboxylic acids is 2. The molecule has 0 amide bonds. The van der Waals surface area contributed by atoms with Crippen LogP contribution < -0.4 is 9.47 Å². The monoisotopic (exact) mass is 677 g/mol. The fraction of sp³-hybridized carbons (Fsp3) is 0.810. The van der Waals surface area contributed by atoms with E-state index in [1.54, 1.807) is 0 Å². The molecular formula is C42H76O6. The molecule has 6 nitrogen and oxygen atoms in total. The lowest BCUT2D eigenvalue weighted by molar-refractivity contribution is -0.160. The Morgan fingerprint density at radius 3 is 1.88 bits per heavy atom. The van der Waals surface area contributed by atoms with Crippen molar-refractivity contribution in [1.29, 1.82) is 0 Å². The van der Waals surface area contributed by atoms with Crippen molar-refractivity contribution in [3.8, 4) is 11.5 Å². The molecule has 280 valence electrons. The first-order valence-electron chi connectivity index (χ1n) is 19.4. The maximum Gasteiger partial charge on any atom is 0.311 e. The van der Waals surface area contributed by atoms with Crippen molar-refractivity contribution >= 4 is 11.9 Å². The molecule has 0 saturated heterocycles. The van der Waals surface area contributed by atoms with Crippen molar-refractivity contribution in [2.45, 2.75) is 192 Å². The summed E-state index contributed by atoms with van der Waals surface area (Å²) in [5, 5.41) is 0. The van der Waals surface area contributed by atoms with Crippen LogP contribution in [-0.2, 0) is 25.5 Å². The van der Waals surface area contributed by atoms with Crippen molar-refractivity contribution < 1.29 is 28.5 Å². The molecule has 0 saturated carbocycles. The predicted octanol–water partition coefficient (Wildman–Crippen LogP) is 11.9. The molecule has 6 heteroatoms. The van der Waals surface area contributed by atoms with E-state index in [2.05, 4.69) is 34.6 Å². The van der Waals surface area contributed by atoms with Gasteiger partial charge in [-0.1, -0.05) is 93.4 Å². The highest BCUT2D eigenvalue weighted by atomic mass is 16.6. The minimum Gasteiger partial charge on any atom is -0.493 e. The zero-order valence-electron chi connectivity index (χ0n) is 33.6. The highest BCUT2D eigenvalue weighted by molar-refractivity contribution is 5.79. The molecule has 1 rings (SSSR count). The first kappa shape index (κ1) is 45.9. The molecule has 0 aromatic heterocycles. The summed E-state index contributed by atoms with van der Waals surface area (Å²) < 4.78 is 23.4. The first-order valence-corrected chi connectivity index (χ1v) is 19.4. The molecule has 0 N–H and O–H groups in total. The van der Waals surface area contributed by atoms with Gasteiger partial charge in [-0.15, -0.1) is 0 Å². The predicted molar refractivity (Wildman–Crippen MR) is 202 cm³/mol. The number of benzene rings is 1. The molecular weight excluding hydrogens is 600 g/mol. The van der Waals surface area contributed by atoms with E-state index in [0.717, 1.165) is 60.0 Å². The molecule has 0 radical (unpaired) electrons. The Balaban J connectivity index is 0.0000108. The second-order valence-corrected chi connectivity index (χ2v) is 15.1. The van der Waals surface area contributed by atoms with Crippen molar-refractivity contribution in [2.75, 3.05) is 13.2 Å². The fourth-order valence-electron chi connectivity index (χ4n) is 5.70. The highest BCUT2D eigenvalue weighted by Gasteiger charge is 2.24. The van der Waals surface area contributed by atoms with Crippen LogP contribution in [0.3, 0.4) is 0 Å². The van der Waals surface area contributed by atoms with E-state index in [1.807, 2.05) is 61.5 Å². The molecule has 0 aliphatic carbocycles. The summed E-state index contributed by atoms with van der Waals surface area (Å²) in [6.07, 6.45) is 13.8. The number of aryl methyl sites for hydroxylation is 1. The van der Waals surface area contributed by atoms with Crippen molar-refractivity contribution in [3.63, 3.8) is 0 Å². The summed E-state index contributed by atoms with van der Waals surface area (Å²) in [6, 6.07) is 1.96. The Labute approximate surface area is 296 Å². The average molecular weight is 677 g/mol. The van der Waals surface area contributed by atoms with Gasteiger partial charge in [-0.2, -0.15) is 0 Å². The molecule has 0 aliphatic rings. The van der Waals surface area contributed by atoms with Gasteiger partial charge in [0, 0.05) is 6.42 Å². The normalized spacial score (nSPS) is 12.8. The van der Waals surface area contributed by atoms with Gasteiger partial charge < -0.3 is 18.9 Å². The standard InChI is InChI=1S/C40H70O6.C2H6/c1-12-13-22-35-28-36(45-37(41)23-24-38(42)46-40(10,11)25-27-43-30(4)5)33(8)34(9)39(35)44-26-16-21-32(7)20-15-19-31(6)18-14-17-29(2)3;1-2/h28-32H,12-27H2,1-11H3;1-2H3. The third kappa shape index (κ3) is 21.1. The van der Waals surface area contributed by atoms with E-state index in [1.165, 1.54) is 44.9 Å². The van der Waals surface area contributed by atoms with Gasteiger partial charge in [0.25, 0.3) is 0 Å². The van der Waals surface area contributed by atoms with Crippen LogP contribution in [0, 0.1) is 31.6 Å². The summed E-state index contributed by atoms with van der Waals surface area (Å²) in [5.74, 6) is 2.99. The number of unbranched alkanes of at least 4 members (excludes halogenated alkanes) is 1. The molecule has 0 aliphatic heterocycles. The third-order valence-electron chi connectivity index (χ3n) is 8.93. The van der Waals surface area contributed by atoms with E-state index in [9.17, 15) is 9.59 Å². The number of hydrogen-bond donors (Lipinski definition) is 0. The lowest BCUT2D eigenvalue weighted by Crippen LogP contribution is -2.30. The Morgan fingerprint density at radius 1 is 0.750 bits per heavy atom. The van der Waals surface area contributed by atoms with Crippen LogP contribution in [-0.4, -0.2) is 36.9 Å². The Bertz CT molecular complexity index is 1010. The third-order valence-corrected chi connectivity index (χ3v) is 8.93. The van der Waals surface area contributed by atoms with E-state index in [0.29, 0.717) is 31.3 Å². The molecule has 2 unspecified atom stereocenters. The van der Waals surface area contributed by atoms with Gasteiger partial charge in [0.2, 0.25) is 0 Å². The van der Waals surface area contributed by atoms with Gasteiger partial charge in [0.1, 0.15) is 17.1 Å². The van der Waals surface area contributed by atoms with Gasteiger partial charge in [-0.25, -0.2) is 0 Å². The van der Waals surface area contributed by atoms with Gasteiger partial charge in [0.15, 0.2) is 0 Å². The summed E-state index contributed by atoms with van der Waals surface area (Å²) >= 11 is 0. The summed E-state index contributed by atoms with van der Waals surface area (Å²) in [7, 11) is 0. The largest absolute Gasteiger partial charge is 0.493 e. The summed E-state index contributed by atoms with van der Waals surface area (Å²) in [6.45, 7) is 28.5. The van der Waals surface area contributed by atoms with E-state index < -0.39 is 17.5 Å². The van der Waals surface area contributed by atoms with E-state index in [-0.39, 0.29) is 18.9 Å². The number of ether oxygens (including phenoxy) is 4. The topological polar surface area (TPSA) is 71.1 Å². The van der Waals surface area contributed by atoms with Crippen molar-refractivity contribution in [2.24, 2.45) is 17.8 Å². The number of rotatable bonds is 25. The zero-order chi connectivity index (χ0) is 36.7. The second kappa shape index (κ2) is 25.8. The SMILES string of the molecule is CC.CCCCc1cc(OC(=O)CCC(=O)OC(C)(C)CCOC(C)C)c(C)c(C)c1OCCCC(C)CCCC(C)CCCC(C)C. The van der Waals surface area contributed by atoms with Crippen LogP contribution in [0.15, 0.2) is 6.07 Å². The average Bonchev–Trinajstić information content (AvgIpc) is 3.00. The smallest absolute Gasteiger partial charge is 0.311 e. The Hall–Kier alpha value is -2.08. The van der Waals surface area contributed by atoms with Crippen LogP contribution in [0.1, 0.15) is 176 Å².